The number of thiophene rings is 1. The predicted octanol–water partition coefficient (Wildman–Crippen LogP) is 8.96. The van der Waals surface area contributed by atoms with Crippen LogP contribution in [0.1, 0.15) is 113 Å². The molecule has 0 aliphatic heterocycles. The first kappa shape index (κ1) is 43.2. The van der Waals surface area contributed by atoms with Crippen LogP contribution >= 0.6 is 11.3 Å². The molecule has 0 saturated carbocycles. The number of rotatable bonds is 19. The summed E-state index contributed by atoms with van der Waals surface area (Å²) in [5.74, 6) is -0.893. The first-order valence-corrected chi connectivity index (χ1v) is 21.6. The van der Waals surface area contributed by atoms with E-state index in [0.717, 1.165) is 59.2 Å². The molecule has 5 aromatic rings. The van der Waals surface area contributed by atoms with Gasteiger partial charge in [-0.15, -0.1) is 11.3 Å². The second-order valence-electron chi connectivity index (χ2n) is 16.3. The number of carbonyl (C=O) groups excluding carboxylic acids is 4. The molecule has 10 nitrogen and oxygen atoms in total. The van der Waals surface area contributed by atoms with Gasteiger partial charge in [0.05, 0.1) is 30.3 Å². The van der Waals surface area contributed by atoms with Gasteiger partial charge in [0.15, 0.2) is 5.78 Å². The number of esters is 1. The molecule has 0 unspecified atom stereocenters. The first-order chi connectivity index (χ1) is 28.4. The summed E-state index contributed by atoms with van der Waals surface area (Å²) in [7, 11) is 1.77. The lowest BCUT2D eigenvalue weighted by Gasteiger charge is -2.32. The first-order valence-electron chi connectivity index (χ1n) is 20.8. The van der Waals surface area contributed by atoms with Crippen LogP contribution in [-0.2, 0) is 46.9 Å². The fraction of sp³-hybridized carbons (Fsp3) is 0.396. The fourth-order valence-electron chi connectivity index (χ4n) is 7.75. The number of nitrogens with one attached hydrogen (secondary N) is 1. The number of hydrogen-bond donors (Lipinski definition) is 1. The second-order valence-corrected chi connectivity index (χ2v) is 17.5. The number of likely N-dealkylation sites (N-methyl/N-ethyl adjacent to an activating group) is 1. The molecule has 1 aliphatic carbocycles. The summed E-state index contributed by atoms with van der Waals surface area (Å²) < 4.78 is 7.14. The van der Waals surface area contributed by atoms with E-state index in [9.17, 15) is 19.2 Å². The SMILES string of the molecule is CCC(CC)N(CCN(C)C(=O)CCC(=O)OCc1ccccc1)Cc1cccc(C(=O)Nc2sc3c(c2C(=O)c2cnn(Cc4ccccc4)c2)CCC(C)(C)C3)c1. The maximum atomic E-state index is 14.3. The van der Waals surface area contributed by atoms with Crippen LogP contribution in [0.25, 0.3) is 0 Å². The molecule has 0 fully saturated rings. The van der Waals surface area contributed by atoms with Crippen LogP contribution in [0, 0.1) is 5.41 Å². The number of ether oxygens (including phenoxy) is 1. The van der Waals surface area contributed by atoms with Gasteiger partial charge >= 0.3 is 5.97 Å². The summed E-state index contributed by atoms with van der Waals surface area (Å²) in [5, 5.41) is 8.25. The van der Waals surface area contributed by atoms with E-state index >= 15 is 0 Å². The average Bonchev–Trinajstić information content (AvgIpc) is 3.85. The van der Waals surface area contributed by atoms with Crippen LogP contribution in [-0.4, -0.2) is 69.3 Å². The summed E-state index contributed by atoms with van der Waals surface area (Å²) in [6.07, 6.45) is 7.99. The van der Waals surface area contributed by atoms with E-state index in [0.29, 0.717) is 47.9 Å². The van der Waals surface area contributed by atoms with Crippen molar-refractivity contribution in [3.63, 3.8) is 0 Å². The Labute approximate surface area is 352 Å². The predicted molar refractivity (Wildman–Crippen MR) is 234 cm³/mol. The monoisotopic (exact) mass is 815 g/mol. The standard InChI is InChI=1S/C48H57N5O5S/c1-6-39(7-2)52(26-25-51(5)42(54)21-22-43(55)58-33-35-17-12-9-13-18-35)30-36-19-14-20-37(27-36)46(57)50-47-44(40-23-24-48(3,4)28-41(40)59-47)45(56)38-29-49-53(32-38)31-34-15-10-8-11-16-34/h8-20,27,29,32,39H,6-7,21-26,28,30-31,33H2,1-5H3,(H,50,57). The van der Waals surface area contributed by atoms with Crippen molar-refractivity contribution in [2.75, 3.05) is 25.5 Å². The van der Waals surface area contributed by atoms with Crippen LogP contribution < -0.4 is 5.32 Å². The van der Waals surface area contributed by atoms with E-state index in [-0.39, 0.29) is 48.5 Å². The fourth-order valence-corrected chi connectivity index (χ4v) is 9.24. The van der Waals surface area contributed by atoms with Gasteiger partial charge < -0.3 is 15.0 Å². The van der Waals surface area contributed by atoms with E-state index in [1.54, 1.807) is 29.0 Å². The van der Waals surface area contributed by atoms with Gasteiger partial charge in [0.25, 0.3) is 5.91 Å². The highest BCUT2D eigenvalue weighted by Crippen LogP contribution is 2.44. The lowest BCUT2D eigenvalue weighted by molar-refractivity contribution is -0.147. The number of benzene rings is 3. The van der Waals surface area contributed by atoms with E-state index in [2.05, 4.69) is 43.0 Å². The Bertz CT molecular complexity index is 2210. The lowest BCUT2D eigenvalue weighted by atomic mass is 9.76. The lowest BCUT2D eigenvalue weighted by Crippen LogP contribution is -2.41. The molecule has 1 N–H and O–H groups in total. The van der Waals surface area contributed by atoms with Gasteiger partial charge in [0, 0.05) is 55.8 Å². The Morgan fingerprint density at radius 3 is 2.29 bits per heavy atom. The number of hydrogen-bond acceptors (Lipinski definition) is 8. The molecule has 0 spiro atoms. The van der Waals surface area contributed by atoms with E-state index in [1.165, 1.54) is 11.3 Å². The van der Waals surface area contributed by atoms with Gasteiger partial charge in [-0.05, 0) is 71.9 Å². The molecule has 0 atom stereocenters. The average molecular weight is 816 g/mol. The van der Waals surface area contributed by atoms with Crippen molar-refractivity contribution in [1.82, 2.24) is 19.6 Å². The van der Waals surface area contributed by atoms with Gasteiger partial charge in [-0.2, -0.15) is 5.10 Å². The van der Waals surface area contributed by atoms with Crippen LogP contribution in [0.4, 0.5) is 5.00 Å². The van der Waals surface area contributed by atoms with Crippen molar-refractivity contribution in [3.05, 3.63) is 141 Å². The summed E-state index contributed by atoms with van der Waals surface area (Å²) in [5.41, 5.74) is 5.71. The molecule has 2 amide bonds. The molecular formula is C48H57N5O5S. The summed E-state index contributed by atoms with van der Waals surface area (Å²) in [6, 6.07) is 27.4. The van der Waals surface area contributed by atoms with Crippen molar-refractivity contribution in [2.45, 2.75) is 98.4 Å². The number of carbonyl (C=O) groups is 4. The third-order valence-corrected chi connectivity index (χ3v) is 12.4. The van der Waals surface area contributed by atoms with E-state index < -0.39 is 5.97 Å². The summed E-state index contributed by atoms with van der Waals surface area (Å²) >= 11 is 1.52. The highest BCUT2D eigenvalue weighted by atomic mass is 32.1. The van der Waals surface area contributed by atoms with Gasteiger partial charge in [-0.25, -0.2) is 0 Å². The molecule has 59 heavy (non-hydrogen) atoms. The molecule has 0 bridgehead atoms. The third-order valence-electron chi connectivity index (χ3n) is 11.3. The maximum absolute atomic E-state index is 14.3. The minimum absolute atomic E-state index is 0.0301. The number of fused-ring (bicyclic) bond motifs is 1. The highest BCUT2D eigenvalue weighted by Gasteiger charge is 2.34. The molecule has 0 radical (unpaired) electrons. The minimum Gasteiger partial charge on any atom is -0.461 e. The molecule has 6 rings (SSSR count). The zero-order valence-electron chi connectivity index (χ0n) is 35.0. The minimum atomic E-state index is -0.393. The van der Waals surface area contributed by atoms with Crippen molar-refractivity contribution < 1.29 is 23.9 Å². The smallest absolute Gasteiger partial charge is 0.306 e. The Kier molecular flexibility index (Phi) is 14.7. The number of aromatic nitrogens is 2. The van der Waals surface area contributed by atoms with Gasteiger partial charge in [0.2, 0.25) is 5.91 Å². The number of anilines is 1. The summed E-state index contributed by atoms with van der Waals surface area (Å²) in [6.45, 7) is 11.3. The highest BCUT2D eigenvalue weighted by molar-refractivity contribution is 7.17. The Morgan fingerprint density at radius 1 is 0.881 bits per heavy atom. The largest absolute Gasteiger partial charge is 0.461 e. The van der Waals surface area contributed by atoms with Crippen molar-refractivity contribution in [2.24, 2.45) is 5.41 Å². The molecule has 2 aromatic heterocycles. The number of amides is 2. The van der Waals surface area contributed by atoms with Crippen LogP contribution in [0.15, 0.2) is 97.3 Å². The Balaban J connectivity index is 1.11. The van der Waals surface area contributed by atoms with E-state index in [4.69, 9.17) is 4.74 Å². The molecule has 3 aromatic carbocycles. The van der Waals surface area contributed by atoms with Crippen LogP contribution in [0.2, 0.25) is 0 Å². The summed E-state index contributed by atoms with van der Waals surface area (Å²) in [4.78, 5) is 58.9. The van der Waals surface area contributed by atoms with Crippen LogP contribution in [0.3, 0.4) is 0 Å². The molecule has 2 heterocycles. The second kappa shape index (κ2) is 20.0. The third kappa shape index (κ3) is 11.6. The molecule has 1 aliphatic rings. The van der Waals surface area contributed by atoms with Gasteiger partial charge in [0.1, 0.15) is 11.6 Å². The number of ketones is 1. The molecule has 11 heteroatoms. The Hall–Kier alpha value is -5.39. The van der Waals surface area contributed by atoms with Crippen LogP contribution in [0.5, 0.6) is 0 Å². The van der Waals surface area contributed by atoms with Gasteiger partial charge in [-0.1, -0.05) is 100 Å². The maximum Gasteiger partial charge on any atom is 0.306 e. The van der Waals surface area contributed by atoms with Crippen molar-refractivity contribution in [3.8, 4) is 0 Å². The normalized spacial score (nSPS) is 13.3. The zero-order valence-corrected chi connectivity index (χ0v) is 35.9. The van der Waals surface area contributed by atoms with Crippen molar-refractivity contribution in [1.29, 1.82) is 0 Å². The topological polar surface area (TPSA) is 114 Å². The van der Waals surface area contributed by atoms with Gasteiger partial charge in [-0.3, -0.25) is 28.8 Å². The zero-order chi connectivity index (χ0) is 41.9. The van der Waals surface area contributed by atoms with E-state index in [1.807, 2.05) is 84.9 Å². The molecule has 0 saturated heterocycles. The number of nitrogens with zero attached hydrogens (tertiary/aromatic N) is 4. The Morgan fingerprint density at radius 2 is 1.58 bits per heavy atom. The quantitative estimate of drug-likeness (QED) is 0.0654. The molecular weight excluding hydrogens is 759 g/mol. The van der Waals surface area contributed by atoms with Crippen molar-refractivity contribution >= 4 is 39.9 Å². The molecule has 310 valence electrons.